The Morgan fingerprint density at radius 3 is 2.90 bits per heavy atom. The minimum absolute atomic E-state index is 0.292. The predicted molar refractivity (Wildman–Crippen MR) is 82.5 cm³/mol. The number of hydrogen-bond acceptors (Lipinski definition) is 3. The Labute approximate surface area is 122 Å². The molecule has 3 unspecified atom stereocenters. The van der Waals surface area contributed by atoms with E-state index in [-0.39, 0.29) is 0 Å². The van der Waals surface area contributed by atoms with E-state index >= 15 is 0 Å². The Bertz CT molecular complexity index is 408. The summed E-state index contributed by atoms with van der Waals surface area (Å²) in [4.78, 5) is 0. The molecule has 1 aliphatic heterocycles. The lowest BCUT2D eigenvalue weighted by atomic mass is 9.85. The molecule has 112 valence electrons. The monoisotopic (exact) mass is 277 g/mol. The first kappa shape index (κ1) is 15.3. The van der Waals surface area contributed by atoms with Crippen LogP contribution >= 0.6 is 0 Å². The summed E-state index contributed by atoms with van der Waals surface area (Å²) >= 11 is 0. The van der Waals surface area contributed by atoms with E-state index in [0.717, 1.165) is 38.0 Å². The third-order valence-corrected chi connectivity index (χ3v) is 4.32. The molecule has 3 atom stereocenters. The molecule has 0 spiro atoms. The van der Waals surface area contributed by atoms with Crippen molar-refractivity contribution in [2.24, 2.45) is 0 Å². The number of likely N-dealkylation sites (N-methyl/N-ethyl adjacent to an activating group) is 1. The van der Waals surface area contributed by atoms with Gasteiger partial charge >= 0.3 is 0 Å². The van der Waals surface area contributed by atoms with Crippen molar-refractivity contribution in [2.75, 3.05) is 20.8 Å². The average Bonchev–Trinajstić information content (AvgIpc) is 2.50. The van der Waals surface area contributed by atoms with E-state index in [1.54, 1.807) is 0 Å². The first-order valence-corrected chi connectivity index (χ1v) is 7.71. The Hall–Kier alpha value is -1.06. The van der Waals surface area contributed by atoms with E-state index < -0.39 is 0 Å². The molecular weight excluding hydrogens is 250 g/mol. The molecule has 1 aromatic carbocycles. The summed E-state index contributed by atoms with van der Waals surface area (Å²) in [5, 5.41) is 3.45. The van der Waals surface area contributed by atoms with Crippen molar-refractivity contribution in [3.05, 3.63) is 29.8 Å². The molecule has 1 heterocycles. The molecule has 0 aliphatic carbocycles. The lowest BCUT2D eigenvalue weighted by Crippen LogP contribution is -2.40. The summed E-state index contributed by atoms with van der Waals surface area (Å²) in [7, 11) is 3.86. The number of benzene rings is 1. The van der Waals surface area contributed by atoms with E-state index in [1.807, 2.05) is 20.2 Å². The maximum absolute atomic E-state index is 5.75. The van der Waals surface area contributed by atoms with Gasteiger partial charge in [-0.2, -0.15) is 0 Å². The van der Waals surface area contributed by atoms with Crippen molar-refractivity contribution in [1.82, 2.24) is 5.32 Å². The number of fused-ring (bicyclic) bond motifs is 1. The largest absolute Gasteiger partial charge is 0.493 e. The lowest BCUT2D eigenvalue weighted by molar-refractivity contribution is 0.0565. The molecule has 1 aromatic rings. The van der Waals surface area contributed by atoms with Crippen LogP contribution in [0.4, 0.5) is 0 Å². The van der Waals surface area contributed by atoms with Crippen molar-refractivity contribution >= 4 is 0 Å². The van der Waals surface area contributed by atoms with Gasteiger partial charge in [0.15, 0.2) is 0 Å². The Balaban J connectivity index is 2.08. The highest BCUT2D eigenvalue weighted by atomic mass is 16.5. The highest BCUT2D eigenvalue weighted by Crippen LogP contribution is 2.36. The van der Waals surface area contributed by atoms with E-state index in [9.17, 15) is 0 Å². The molecule has 3 heteroatoms. The number of rotatable bonds is 7. The number of hydrogen-bond donors (Lipinski definition) is 1. The van der Waals surface area contributed by atoms with Crippen molar-refractivity contribution in [3.8, 4) is 5.75 Å². The van der Waals surface area contributed by atoms with Gasteiger partial charge < -0.3 is 14.8 Å². The van der Waals surface area contributed by atoms with Crippen LogP contribution in [-0.2, 0) is 4.74 Å². The summed E-state index contributed by atoms with van der Waals surface area (Å²) in [6.45, 7) is 3.03. The Morgan fingerprint density at radius 2 is 2.20 bits per heavy atom. The van der Waals surface area contributed by atoms with Crippen LogP contribution in [-0.4, -0.2) is 32.9 Å². The zero-order valence-corrected chi connectivity index (χ0v) is 12.9. The van der Waals surface area contributed by atoms with E-state index in [0.29, 0.717) is 18.1 Å². The summed E-state index contributed by atoms with van der Waals surface area (Å²) in [5.41, 5.74) is 1.35. The quantitative estimate of drug-likeness (QED) is 0.829. The number of nitrogens with one attached hydrogen (secondary N) is 1. The first-order valence-electron chi connectivity index (χ1n) is 7.71. The summed E-state index contributed by atoms with van der Waals surface area (Å²) in [6.07, 6.45) is 4.75. The third-order valence-electron chi connectivity index (χ3n) is 4.32. The van der Waals surface area contributed by atoms with E-state index in [1.165, 1.54) is 5.56 Å². The Morgan fingerprint density at radius 1 is 1.40 bits per heavy atom. The molecule has 0 saturated heterocycles. The minimum Gasteiger partial charge on any atom is -0.493 e. The SMILES string of the molecule is CCCC(OC)C(CC1CCOc2ccccc21)NC. The molecular formula is C17H27NO2. The fourth-order valence-corrected chi connectivity index (χ4v) is 3.19. The fourth-order valence-electron chi connectivity index (χ4n) is 3.19. The molecule has 0 fully saturated rings. The number of para-hydroxylation sites is 1. The van der Waals surface area contributed by atoms with Crippen molar-refractivity contribution in [1.29, 1.82) is 0 Å². The average molecular weight is 277 g/mol. The van der Waals surface area contributed by atoms with Gasteiger partial charge in [-0.15, -0.1) is 0 Å². The van der Waals surface area contributed by atoms with Crippen LogP contribution in [0.3, 0.4) is 0 Å². The van der Waals surface area contributed by atoms with Gasteiger partial charge in [0.25, 0.3) is 0 Å². The molecule has 0 bridgehead atoms. The van der Waals surface area contributed by atoms with Gasteiger partial charge in [-0.05, 0) is 43.9 Å². The maximum atomic E-state index is 5.75. The zero-order chi connectivity index (χ0) is 14.4. The highest BCUT2D eigenvalue weighted by Gasteiger charge is 2.27. The smallest absolute Gasteiger partial charge is 0.122 e. The molecule has 0 aromatic heterocycles. The summed E-state index contributed by atoms with van der Waals surface area (Å²) in [6, 6.07) is 8.83. The van der Waals surface area contributed by atoms with Crippen LogP contribution in [0.15, 0.2) is 24.3 Å². The summed E-state index contributed by atoms with van der Waals surface area (Å²) < 4.78 is 11.4. The molecule has 20 heavy (non-hydrogen) atoms. The van der Waals surface area contributed by atoms with Gasteiger partial charge in [0.1, 0.15) is 5.75 Å². The first-order chi connectivity index (χ1) is 9.80. The molecule has 0 radical (unpaired) electrons. The molecule has 0 saturated carbocycles. The van der Waals surface area contributed by atoms with Gasteiger partial charge in [0, 0.05) is 13.2 Å². The van der Waals surface area contributed by atoms with Gasteiger partial charge in [-0.25, -0.2) is 0 Å². The molecule has 0 amide bonds. The van der Waals surface area contributed by atoms with Crippen molar-refractivity contribution in [2.45, 2.75) is 50.7 Å². The third kappa shape index (κ3) is 3.53. The zero-order valence-electron chi connectivity index (χ0n) is 12.9. The second-order valence-corrected chi connectivity index (χ2v) is 5.57. The van der Waals surface area contributed by atoms with Crippen LogP contribution in [0.2, 0.25) is 0 Å². The second-order valence-electron chi connectivity index (χ2n) is 5.57. The Kier molecular flexibility index (Phi) is 5.86. The predicted octanol–water partition coefficient (Wildman–Crippen LogP) is 3.35. The normalized spacial score (nSPS) is 20.9. The minimum atomic E-state index is 0.292. The molecule has 1 aliphatic rings. The van der Waals surface area contributed by atoms with Crippen molar-refractivity contribution in [3.63, 3.8) is 0 Å². The van der Waals surface area contributed by atoms with Gasteiger partial charge in [0.2, 0.25) is 0 Å². The van der Waals surface area contributed by atoms with E-state index in [4.69, 9.17) is 9.47 Å². The maximum Gasteiger partial charge on any atom is 0.122 e. The van der Waals surface area contributed by atoms with Gasteiger partial charge in [-0.1, -0.05) is 31.5 Å². The number of ether oxygens (including phenoxy) is 2. The van der Waals surface area contributed by atoms with Crippen LogP contribution in [0.1, 0.15) is 44.1 Å². The standard InChI is InChI=1S/C17H27NO2/c1-4-7-17(19-3)15(18-2)12-13-10-11-20-16-9-6-5-8-14(13)16/h5-6,8-9,13,15,17-18H,4,7,10-12H2,1-3H3. The fraction of sp³-hybridized carbons (Fsp3) is 0.647. The lowest BCUT2D eigenvalue weighted by Gasteiger charge is -2.32. The van der Waals surface area contributed by atoms with Crippen LogP contribution in [0, 0.1) is 0 Å². The molecule has 2 rings (SSSR count). The molecule has 3 nitrogen and oxygen atoms in total. The van der Waals surface area contributed by atoms with Crippen LogP contribution < -0.4 is 10.1 Å². The highest BCUT2D eigenvalue weighted by molar-refractivity contribution is 5.37. The van der Waals surface area contributed by atoms with Crippen LogP contribution in [0.25, 0.3) is 0 Å². The summed E-state index contributed by atoms with van der Waals surface area (Å²) in [5.74, 6) is 1.62. The van der Waals surface area contributed by atoms with E-state index in [2.05, 4.69) is 30.4 Å². The topological polar surface area (TPSA) is 30.5 Å². The molecule has 1 N–H and O–H groups in total. The van der Waals surface area contributed by atoms with Gasteiger partial charge in [0.05, 0.1) is 12.7 Å². The number of methoxy groups -OCH3 is 1. The second kappa shape index (κ2) is 7.65. The van der Waals surface area contributed by atoms with Gasteiger partial charge in [-0.3, -0.25) is 0 Å². The van der Waals surface area contributed by atoms with Crippen LogP contribution in [0.5, 0.6) is 5.75 Å². The van der Waals surface area contributed by atoms with Crippen molar-refractivity contribution < 1.29 is 9.47 Å².